The normalized spacial score (nSPS) is 15.1. The van der Waals surface area contributed by atoms with E-state index in [4.69, 9.17) is 4.74 Å². The van der Waals surface area contributed by atoms with Gasteiger partial charge in [0, 0.05) is 12.0 Å². The molecule has 0 bridgehead atoms. The van der Waals surface area contributed by atoms with Gasteiger partial charge in [0.15, 0.2) is 5.43 Å². The van der Waals surface area contributed by atoms with Gasteiger partial charge in [-0.2, -0.15) is 0 Å². The third-order valence-corrected chi connectivity index (χ3v) is 3.54. The van der Waals surface area contributed by atoms with Crippen molar-refractivity contribution < 1.29 is 9.53 Å². The Morgan fingerprint density at radius 3 is 2.50 bits per heavy atom. The summed E-state index contributed by atoms with van der Waals surface area (Å²) >= 11 is 0. The molecule has 0 amide bonds. The zero-order valence-corrected chi connectivity index (χ0v) is 11.0. The van der Waals surface area contributed by atoms with Crippen LogP contribution in [0.25, 0.3) is 0 Å². The molecule has 3 heteroatoms. The van der Waals surface area contributed by atoms with Gasteiger partial charge in [-0.3, -0.25) is 9.59 Å². The fourth-order valence-electron chi connectivity index (χ4n) is 2.00. The first-order valence-corrected chi connectivity index (χ1v) is 7.16. The lowest BCUT2D eigenvalue weighted by Gasteiger charge is -2.03. The van der Waals surface area contributed by atoms with Gasteiger partial charge < -0.3 is 4.74 Å². The first-order valence-electron chi connectivity index (χ1n) is 7.16. The fourth-order valence-corrected chi connectivity index (χ4v) is 2.00. The van der Waals surface area contributed by atoms with Crippen molar-refractivity contribution in [3.8, 4) is 0 Å². The molecule has 1 saturated carbocycles. The third kappa shape index (κ3) is 5.48. The largest absolute Gasteiger partial charge is 0.465 e. The summed E-state index contributed by atoms with van der Waals surface area (Å²) in [5.41, 5.74) is 1.26. The van der Waals surface area contributed by atoms with Crippen LogP contribution in [0, 0.1) is 5.92 Å². The average molecular weight is 250 g/mol. The fraction of sp³-hybridized carbons (Fsp3) is 0.733. The highest BCUT2D eigenvalue weighted by atomic mass is 16.5. The number of rotatable bonds is 10. The highest BCUT2D eigenvalue weighted by Gasteiger charge is 2.22. The van der Waals surface area contributed by atoms with Crippen LogP contribution in [0.5, 0.6) is 0 Å². The van der Waals surface area contributed by atoms with Crippen LogP contribution in [0.15, 0.2) is 10.9 Å². The van der Waals surface area contributed by atoms with E-state index in [0.29, 0.717) is 18.9 Å². The number of carbonyl (C=O) groups excluding carboxylic acids is 1. The highest BCUT2D eigenvalue weighted by Crippen LogP contribution is 2.28. The van der Waals surface area contributed by atoms with Crippen LogP contribution >= 0.6 is 0 Å². The van der Waals surface area contributed by atoms with Gasteiger partial charge in [0.25, 0.3) is 0 Å². The van der Waals surface area contributed by atoms with Crippen molar-refractivity contribution in [3.63, 3.8) is 0 Å². The molecule has 0 radical (unpaired) electrons. The van der Waals surface area contributed by atoms with Gasteiger partial charge in [-0.15, -0.1) is 0 Å². The van der Waals surface area contributed by atoms with Crippen molar-refractivity contribution >= 4 is 5.97 Å². The lowest BCUT2D eigenvalue weighted by molar-refractivity contribution is -0.144. The van der Waals surface area contributed by atoms with Crippen molar-refractivity contribution in [2.45, 2.75) is 57.8 Å². The van der Waals surface area contributed by atoms with Crippen molar-refractivity contribution in [2.24, 2.45) is 5.92 Å². The molecule has 1 aliphatic rings. The molecule has 0 atom stereocenters. The summed E-state index contributed by atoms with van der Waals surface area (Å²) in [5.74, 6) is 0.629. The summed E-state index contributed by atoms with van der Waals surface area (Å²) in [7, 11) is 0. The molecule has 0 N–H and O–H groups in total. The van der Waals surface area contributed by atoms with E-state index in [1.807, 2.05) is 0 Å². The molecule has 0 spiro atoms. The van der Waals surface area contributed by atoms with Crippen molar-refractivity contribution in [1.82, 2.24) is 0 Å². The predicted octanol–water partition coefficient (Wildman–Crippen LogP) is 2.76. The second kappa shape index (κ2) is 6.72. The van der Waals surface area contributed by atoms with Gasteiger partial charge in [0.2, 0.25) is 0 Å². The number of unbranched alkanes of at least 4 members (excludes halogenated alkanes) is 4. The quantitative estimate of drug-likeness (QED) is 0.473. The van der Waals surface area contributed by atoms with E-state index in [1.165, 1.54) is 12.8 Å². The number of hydrogen-bond donors (Lipinski definition) is 0. The minimum absolute atomic E-state index is 0.0318. The molecule has 2 rings (SSSR count). The molecule has 1 aromatic carbocycles. The summed E-state index contributed by atoms with van der Waals surface area (Å²) in [6.07, 6.45) is 9.40. The Morgan fingerprint density at radius 1 is 1.17 bits per heavy atom. The number of carbonyl (C=O) groups is 1. The molecule has 100 valence electrons. The Bertz CT molecular complexity index is 383. The summed E-state index contributed by atoms with van der Waals surface area (Å²) in [4.78, 5) is 22.0. The SMILES string of the molecule is O=C(CCCCCCCc1cc1=O)OCC1CC1. The maximum atomic E-state index is 11.3. The van der Waals surface area contributed by atoms with Crippen LogP contribution in [0.3, 0.4) is 0 Å². The predicted molar refractivity (Wildman–Crippen MR) is 70.2 cm³/mol. The maximum absolute atomic E-state index is 11.3. The van der Waals surface area contributed by atoms with Crippen LogP contribution < -0.4 is 5.43 Å². The van der Waals surface area contributed by atoms with E-state index in [2.05, 4.69) is 0 Å². The van der Waals surface area contributed by atoms with Crippen LogP contribution in [0.2, 0.25) is 0 Å². The van der Waals surface area contributed by atoms with Gasteiger partial charge in [0.05, 0.1) is 6.61 Å². The van der Waals surface area contributed by atoms with Gasteiger partial charge in [-0.05, 0) is 44.1 Å². The molecule has 0 aliphatic heterocycles. The molecule has 0 aromatic heterocycles. The summed E-state index contributed by atoms with van der Waals surface area (Å²) in [6, 6.07) is 1.72. The molecule has 1 aromatic rings. The monoisotopic (exact) mass is 250 g/mol. The standard InChI is InChI=1S/C15H22O3/c16-14-10-13(14)6-4-2-1-3-5-7-15(17)18-11-12-8-9-12/h10,12H,1-9,11H2. The molecule has 0 unspecified atom stereocenters. The molecule has 0 heterocycles. The van der Waals surface area contributed by atoms with Crippen LogP contribution in [-0.4, -0.2) is 12.6 Å². The molecule has 3 nitrogen and oxygen atoms in total. The van der Waals surface area contributed by atoms with E-state index in [0.717, 1.165) is 44.1 Å². The van der Waals surface area contributed by atoms with Gasteiger partial charge in [0.1, 0.15) is 0 Å². The van der Waals surface area contributed by atoms with E-state index >= 15 is 0 Å². The Kier molecular flexibility index (Phi) is 4.97. The summed E-state index contributed by atoms with van der Waals surface area (Å²) in [5, 5.41) is 0. The second-order valence-electron chi connectivity index (χ2n) is 5.43. The number of ether oxygens (including phenoxy) is 1. The zero-order valence-electron chi connectivity index (χ0n) is 11.0. The van der Waals surface area contributed by atoms with Crippen LogP contribution in [0.4, 0.5) is 0 Å². The minimum atomic E-state index is -0.0318. The van der Waals surface area contributed by atoms with Crippen molar-refractivity contribution in [2.75, 3.05) is 6.61 Å². The zero-order chi connectivity index (χ0) is 12.8. The summed E-state index contributed by atoms with van der Waals surface area (Å²) < 4.78 is 5.16. The third-order valence-electron chi connectivity index (χ3n) is 3.54. The van der Waals surface area contributed by atoms with E-state index in [9.17, 15) is 9.59 Å². The average Bonchev–Trinajstić information content (AvgIpc) is 3.24. The number of hydrogen-bond acceptors (Lipinski definition) is 3. The Hall–Kier alpha value is -1.12. The Morgan fingerprint density at radius 2 is 1.83 bits per heavy atom. The molecule has 18 heavy (non-hydrogen) atoms. The highest BCUT2D eigenvalue weighted by molar-refractivity contribution is 5.69. The Labute approximate surface area is 108 Å². The van der Waals surface area contributed by atoms with Crippen molar-refractivity contribution in [3.05, 3.63) is 21.9 Å². The maximum Gasteiger partial charge on any atom is 0.305 e. The molecule has 1 fully saturated rings. The topological polar surface area (TPSA) is 43.4 Å². The van der Waals surface area contributed by atoms with Crippen LogP contribution in [-0.2, 0) is 16.0 Å². The van der Waals surface area contributed by atoms with E-state index in [-0.39, 0.29) is 11.4 Å². The molecule has 1 aliphatic carbocycles. The second-order valence-corrected chi connectivity index (χ2v) is 5.43. The summed E-state index contributed by atoms with van der Waals surface area (Å²) in [6.45, 7) is 0.641. The van der Waals surface area contributed by atoms with Gasteiger partial charge >= 0.3 is 5.97 Å². The lowest BCUT2D eigenvalue weighted by Crippen LogP contribution is -2.06. The first-order chi connectivity index (χ1) is 8.75. The molecular weight excluding hydrogens is 228 g/mol. The minimum Gasteiger partial charge on any atom is -0.465 e. The van der Waals surface area contributed by atoms with Gasteiger partial charge in [-0.25, -0.2) is 0 Å². The first kappa shape index (κ1) is 13.3. The van der Waals surface area contributed by atoms with Crippen molar-refractivity contribution in [1.29, 1.82) is 0 Å². The molecular formula is C15H22O3. The van der Waals surface area contributed by atoms with Crippen LogP contribution in [0.1, 0.15) is 56.9 Å². The lowest BCUT2D eigenvalue weighted by atomic mass is 10.1. The number of aryl methyl sites for hydroxylation is 1. The smallest absolute Gasteiger partial charge is 0.305 e. The van der Waals surface area contributed by atoms with E-state index < -0.39 is 0 Å². The number of esters is 1. The molecule has 0 saturated heterocycles. The van der Waals surface area contributed by atoms with E-state index in [1.54, 1.807) is 6.07 Å². The van der Waals surface area contributed by atoms with Gasteiger partial charge in [-0.1, -0.05) is 19.3 Å². The Balaban J connectivity index is 1.34.